The van der Waals surface area contributed by atoms with Gasteiger partial charge in [0.1, 0.15) is 0 Å². The topological polar surface area (TPSA) is 81.1 Å². The number of nitrogens with one attached hydrogen (secondary N) is 1. The van der Waals surface area contributed by atoms with Crippen LogP contribution in [-0.2, 0) is 0 Å². The maximum absolute atomic E-state index is 13.7. The maximum Gasteiger partial charge on any atom is 0.266 e. The average molecular weight is 500 g/mol. The number of rotatable bonds is 8. The van der Waals surface area contributed by atoms with Crippen LogP contribution in [0.3, 0.4) is 0 Å². The molecule has 1 heterocycles. The summed E-state index contributed by atoms with van der Waals surface area (Å²) in [5.41, 5.74) is 3.96. The first-order valence-corrected chi connectivity index (χ1v) is 12.9. The van der Waals surface area contributed by atoms with E-state index in [1.165, 1.54) is 11.8 Å². The molecule has 0 aliphatic rings. The van der Waals surface area contributed by atoms with Crippen molar-refractivity contribution in [2.24, 2.45) is 5.92 Å². The summed E-state index contributed by atoms with van der Waals surface area (Å²) >= 11 is 1.22. The summed E-state index contributed by atoms with van der Waals surface area (Å²) in [7, 11) is 0. The van der Waals surface area contributed by atoms with E-state index in [-0.39, 0.29) is 23.0 Å². The number of carbonyl (C=O) groups excluding carboxylic acids is 2. The molecule has 0 spiro atoms. The summed E-state index contributed by atoms with van der Waals surface area (Å²) in [6, 6.07) is 19.9. The monoisotopic (exact) mass is 499 g/mol. The van der Waals surface area contributed by atoms with Gasteiger partial charge in [-0.1, -0.05) is 62.0 Å². The molecular weight excluding hydrogens is 470 g/mol. The van der Waals surface area contributed by atoms with Crippen LogP contribution in [0.4, 0.5) is 0 Å². The van der Waals surface area contributed by atoms with E-state index < -0.39 is 0 Å². The highest BCUT2D eigenvalue weighted by atomic mass is 32.2. The van der Waals surface area contributed by atoms with Gasteiger partial charge >= 0.3 is 0 Å². The van der Waals surface area contributed by atoms with Crippen molar-refractivity contribution in [3.63, 3.8) is 0 Å². The van der Waals surface area contributed by atoms with Crippen LogP contribution in [0.2, 0.25) is 0 Å². The lowest BCUT2D eigenvalue weighted by atomic mass is 10.1. The molecule has 1 N–H and O–H groups in total. The molecule has 0 unspecified atom stereocenters. The van der Waals surface area contributed by atoms with E-state index in [9.17, 15) is 14.4 Å². The van der Waals surface area contributed by atoms with Crippen molar-refractivity contribution in [1.82, 2.24) is 14.9 Å². The number of aromatic nitrogens is 2. The largest absolute Gasteiger partial charge is 0.352 e. The van der Waals surface area contributed by atoms with Gasteiger partial charge in [-0.15, -0.1) is 0 Å². The summed E-state index contributed by atoms with van der Waals surface area (Å²) in [5.74, 6) is 0.187. The van der Waals surface area contributed by atoms with Crippen molar-refractivity contribution in [2.75, 3.05) is 12.3 Å². The Morgan fingerprint density at radius 1 is 0.944 bits per heavy atom. The SMILES string of the molecule is Cc1cc(C)cc(-n2c(SCC(=O)c3ccccc3)nc3cc(C(=O)NCC(C)C)ccc3c2=O)c1. The number of fused-ring (bicyclic) bond motifs is 1. The van der Waals surface area contributed by atoms with Crippen molar-refractivity contribution < 1.29 is 9.59 Å². The van der Waals surface area contributed by atoms with Gasteiger partial charge in [-0.2, -0.15) is 0 Å². The quantitative estimate of drug-likeness (QED) is 0.200. The van der Waals surface area contributed by atoms with Gasteiger partial charge in [0.25, 0.3) is 11.5 Å². The highest BCUT2D eigenvalue weighted by Gasteiger charge is 2.17. The number of carbonyl (C=O) groups is 2. The minimum absolute atomic E-state index is 0.0521. The lowest BCUT2D eigenvalue weighted by Crippen LogP contribution is -2.27. The second kappa shape index (κ2) is 10.9. The fraction of sp³-hybridized carbons (Fsp3) is 0.241. The molecule has 0 saturated heterocycles. The first-order valence-electron chi connectivity index (χ1n) is 11.9. The van der Waals surface area contributed by atoms with Crippen molar-refractivity contribution in [1.29, 1.82) is 0 Å². The van der Waals surface area contributed by atoms with Gasteiger partial charge in [0.15, 0.2) is 10.9 Å². The van der Waals surface area contributed by atoms with E-state index in [4.69, 9.17) is 4.98 Å². The normalized spacial score (nSPS) is 11.1. The first kappa shape index (κ1) is 25.4. The minimum Gasteiger partial charge on any atom is -0.352 e. The van der Waals surface area contributed by atoms with Crippen molar-refractivity contribution >= 4 is 34.4 Å². The first-order chi connectivity index (χ1) is 17.2. The number of ketones is 1. The molecule has 36 heavy (non-hydrogen) atoms. The molecule has 1 amide bonds. The Morgan fingerprint density at radius 2 is 1.64 bits per heavy atom. The van der Waals surface area contributed by atoms with Gasteiger partial charge in [0.05, 0.1) is 22.3 Å². The maximum atomic E-state index is 13.7. The number of nitrogens with zero attached hydrogens (tertiary/aromatic N) is 2. The summed E-state index contributed by atoms with van der Waals surface area (Å²) in [4.78, 5) is 43.9. The second-order valence-corrected chi connectivity index (χ2v) is 10.2. The molecule has 184 valence electrons. The van der Waals surface area contributed by atoms with Gasteiger partial charge in [-0.25, -0.2) is 4.98 Å². The smallest absolute Gasteiger partial charge is 0.266 e. The van der Waals surface area contributed by atoms with Crippen molar-refractivity contribution in [2.45, 2.75) is 32.9 Å². The van der Waals surface area contributed by atoms with Gasteiger partial charge in [0, 0.05) is 17.7 Å². The third-order valence-corrected chi connectivity index (χ3v) is 6.60. The number of hydrogen-bond donors (Lipinski definition) is 1. The third kappa shape index (κ3) is 5.74. The van der Waals surface area contributed by atoms with Gasteiger partial charge < -0.3 is 5.32 Å². The molecule has 4 rings (SSSR count). The Morgan fingerprint density at radius 3 is 2.31 bits per heavy atom. The Bertz CT molecular complexity index is 1470. The number of Topliss-reactive ketones (excluding diaryl/α,β-unsaturated/α-hetero) is 1. The molecule has 1 aromatic heterocycles. The zero-order chi connectivity index (χ0) is 25.8. The van der Waals surface area contributed by atoms with E-state index in [1.807, 2.05) is 64.1 Å². The summed E-state index contributed by atoms with van der Waals surface area (Å²) in [6.07, 6.45) is 0. The third-order valence-electron chi connectivity index (χ3n) is 5.66. The Kier molecular flexibility index (Phi) is 7.70. The Balaban J connectivity index is 1.79. The van der Waals surface area contributed by atoms with Gasteiger partial charge in [0.2, 0.25) is 0 Å². The van der Waals surface area contributed by atoms with Gasteiger partial charge in [-0.3, -0.25) is 19.0 Å². The zero-order valence-electron chi connectivity index (χ0n) is 20.9. The zero-order valence-corrected chi connectivity index (χ0v) is 21.7. The number of hydrogen-bond acceptors (Lipinski definition) is 5. The van der Waals surface area contributed by atoms with E-state index >= 15 is 0 Å². The predicted molar refractivity (Wildman–Crippen MR) is 145 cm³/mol. The fourth-order valence-corrected chi connectivity index (χ4v) is 4.85. The molecule has 3 aromatic carbocycles. The number of benzene rings is 3. The van der Waals surface area contributed by atoms with Crippen LogP contribution < -0.4 is 10.9 Å². The Labute approximate surface area is 214 Å². The molecule has 0 atom stereocenters. The van der Waals surface area contributed by atoms with Crippen LogP contribution in [0.5, 0.6) is 0 Å². The lowest BCUT2D eigenvalue weighted by molar-refractivity contribution is 0.0948. The fourth-order valence-electron chi connectivity index (χ4n) is 3.95. The average Bonchev–Trinajstić information content (AvgIpc) is 2.85. The van der Waals surface area contributed by atoms with Crippen LogP contribution in [0.15, 0.2) is 76.7 Å². The molecule has 0 saturated carbocycles. The van der Waals surface area contributed by atoms with E-state index in [0.717, 1.165) is 11.1 Å². The molecule has 0 aliphatic carbocycles. The number of aryl methyl sites for hydroxylation is 2. The van der Waals surface area contributed by atoms with E-state index in [0.29, 0.717) is 45.3 Å². The van der Waals surface area contributed by atoms with Gasteiger partial charge in [-0.05, 0) is 61.2 Å². The number of thioether (sulfide) groups is 1. The van der Waals surface area contributed by atoms with Crippen molar-refractivity contribution in [3.8, 4) is 5.69 Å². The second-order valence-electron chi connectivity index (χ2n) is 9.29. The molecule has 0 radical (unpaired) electrons. The molecule has 6 nitrogen and oxygen atoms in total. The van der Waals surface area contributed by atoms with Crippen LogP contribution in [0.25, 0.3) is 16.6 Å². The molecular formula is C29H29N3O3S. The summed E-state index contributed by atoms with van der Waals surface area (Å²) < 4.78 is 1.56. The molecule has 4 aromatic rings. The standard InChI is InChI=1S/C29H29N3O3S/c1-18(2)16-30-27(34)22-10-11-24-25(15-22)31-29(36-17-26(33)21-8-6-5-7-9-21)32(28(24)35)23-13-19(3)12-20(4)14-23/h5-15,18H,16-17H2,1-4H3,(H,30,34). The summed E-state index contributed by atoms with van der Waals surface area (Å²) in [6.45, 7) is 8.56. The molecule has 0 aliphatic heterocycles. The molecule has 0 bridgehead atoms. The minimum atomic E-state index is -0.242. The number of amides is 1. The van der Waals surface area contributed by atoms with Crippen LogP contribution in [0.1, 0.15) is 45.7 Å². The predicted octanol–water partition coefficient (Wildman–Crippen LogP) is 5.36. The van der Waals surface area contributed by atoms with Crippen LogP contribution in [0, 0.1) is 19.8 Å². The summed E-state index contributed by atoms with van der Waals surface area (Å²) in [5, 5.41) is 3.71. The van der Waals surface area contributed by atoms with Crippen LogP contribution >= 0.6 is 11.8 Å². The Hall–Kier alpha value is -3.71. The highest BCUT2D eigenvalue weighted by molar-refractivity contribution is 7.99. The van der Waals surface area contributed by atoms with Crippen LogP contribution in [-0.4, -0.2) is 33.5 Å². The van der Waals surface area contributed by atoms with Crippen molar-refractivity contribution in [3.05, 3.63) is 99.3 Å². The lowest BCUT2D eigenvalue weighted by Gasteiger charge is -2.15. The molecule has 7 heteroatoms. The molecule has 0 fully saturated rings. The van der Waals surface area contributed by atoms with E-state index in [1.54, 1.807) is 34.9 Å². The van der Waals surface area contributed by atoms with E-state index in [2.05, 4.69) is 5.32 Å². The highest BCUT2D eigenvalue weighted by Crippen LogP contribution is 2.24.